The van der Waals surface area contributed by atoms with Crippen molar-refractivity contribution in [2.24, 2.45) is 0 Å². The number of thioether (sulfide) groups is 1. The third-order valence-electron chi connectivity index (χ3n) is 4.43. The Morgan fingerprint density at radius 3 is 2.93 bits per heavy atom. The topological polar surface area (TPSA) is 78.3 Å². The predicted molar refractivity (Wildman–Crippen MR) is 102 cm³/mol. The third-order valence-corrected chi connectivity index (χ3v) is 5.51. The van der Waals surface area contributed by atoms with Crippen LogP contribution < -0.4 is 14.8 Å². The van der Waals surface area contributed by atoms with E-state index in [1.165, 1.54) is 11.8 Å². The number of aromatic nitrogens is 3. The standard InChI is InChI=1S/C19H22N4O3S/c1-3-10-23-17(16-11-25-14-6-4-5-7-15(14)26-16)21-22-19(23)27-12(2)18(24)20-13-8-9-13/h3-7,12-13,16H,1,8-11H2,2H3,(H,20,24)/t12-,16+/m1/s1. The molecule has 4 rings (SSSR count). The normalized spacial score (nSPS) is 19.4. The lowest BCUT2D eigenvalue weighted by atomic mass is 10.2. The molecular weight excluding hydrogens is 364 g/mol. The fourth-order valence-electron chi connectivity index (χ4n) is 2.83. The first-order valence-corrected chi connectivity index (χ1v) is 9.93. The molecule has 1 aromatic carbocycles. The Balaban J connectivity index is 1.52. The summed E-state index contributed by atoms with van der Waals surface area (Å²) in [4.78, 5) is 12.3. The number of ether oxygens (including phenoxy) is 2. The molecule has 0 radical (unpaired) electrons. The Morgan fingerprint density at radius 2 is 2.19 bits per heavy atom. The Bertz CT molecular complexity index is 849. The minimum absolute atomic E-state index is 0.0309. The molecule has 0 saturated heterocycles. The van der Waals surface area contributed by atoms with Gasteiger partial charge in [-0.15, -0.1) is 16.8 Å². The minimum atomic E-state index is -0.364. The molecule has 1 aliphatic heterocycles. The van der Waals surface area contributed by atoms with Gasteiger partial charge in [0.05, 0.1) is 5.25 Å². The van der Waals surface area contributed by atoms with Crippen molar-refractivity contribution in [3.63, 3.8) is 0 Å². The number of hydrogen-bond donors (Lipinski definition) is 1. The average molecular weight is 386 g/mol. The fraction of sp³-hybridized carbons (Fsp3) is 0.421. The van der Waals surface area contributed by atoms with E-state index >= 15 is 0 Å². The van der Waals surface area contributed by atoms with E-state index in [0.717, 1.165) is 18.6 Å². The van der Waals surface area contributed by atoms with Gasteiger partial charge in [-0.1, -0.05) is 30.0 Å². The maximum absolute atomic E-state index is 12.3. The van der Waals surface area contributed by atoms with Crippen molar-refractivity contribution in [2.75, 3.05) is 6.61 Å². The van der Waals surface area contributed by atoms with Crippen LogP contribution >= 0.6 is 11.8 Å². The molecule has 1 aromatic heterocycles. The van der Waals surface area contributed by atoms with Gasteiger partial charge in [-0.05, 0) is 31.9 Å². The van der Waals surface area contributed by atoms with Crippen molar-refractivity contribution in [3.8, 4) is 11.5 Å². The number of fused-ring (bicyclic) bond motifs is 1. The lowest BCUT2D eigenvalue weighted by molar-refractivity contribution is -0.120. The van der Waals surface area contributed by atoms with Gasteiger partial charge in [0.25, 0.3) is 0 Å². The van der Waals surface area contributed by atoms with Crippen LogP contribution in [0.3, 0.4) is 0 Å². The van der Waals surface area contributed by atoms with Crippen molar-refractivity contribution >= 4 is 17.7 Å². The number of para-hydroxylation sites is 2. The van der Waals surface area contributed by atoms with E-state index in [2.05, 4.69) is 22.1 Å². The monoisotopic (exact) mass is 386 g/mol. The molecule has 0 unspecified atom stereocenters. The van der Waals surface area contributed by atoms with Crippen molar-refractivity contribution in [3.05, 3.63) is 42.7 Å². The minimum Gasteiger partial charge on any atom is -0.485 e. The molecule has 1 N–H and O–H groups in total. The number of nitrogens with one attached hydrogen (secondary N) is 1. The fourth-order valence-corrected chi connectivity index (χ4v) is 3.71. The number of allylic oxidation sites excluding steroid dienone is 1. The van der Waals surface area contributed by atoms with Crippen LogP contribution in [0.2, 0.25) is 0 Å². The number of rotatable bonds is 7. The molecule has 2 atom stereocenters. The number of hydrogen-bond acceptors (Lipinski definition) is 6. The molecule has 0 bridgehead atoms. The second-order valence-electron chi connectivity index (χ2n) is 6.65. The summed E-state index contributed by atoms with van der Waals surface area (Å²) in [6.07, 6.45) is 3.56. The lowest BCUT2D eigenvalue weighted by Crippen LogP contribution is -2.32. The summed E-state index contributed by atoms with van der Waals surface area (Å²) in [5.74, 6) is 2.11. The van der Waals surface area contributed by atoms with Gasteiger partial charge in [0.15, 0.2) is 28.6 Å². The van der Waals surface area contributed by atoms with Gasteiger partial charge in [0.2, 0.25) is 5.91 Å². The van der Waals surface area contributed by atoms with Gasteiger partial charge in [0.1, 0.15) is 6.61 Å². The molecule has 1 amide bonds. The van der Waals surface area contributed by atoms with Crippen LogP contribution in [0, 0.1) is 0 Å². The van der Waals surface area contributed by atoms with Crippen molar-refractivity contribution in [1.29, 1.82) is 0 Å². The largest absolute Gasteiger partial charge is 0.485 e. The Morgan fingerprint density at radius 1 is 1.41 bits per heavy atom. The first-order valence-electron chi connectivity index (χ1n) is 9.05. The molecule has 7 nitrogen and oxygen atoms in total. The molecule has 1 fully saturated rings. The molecule has 2 aliphatic rings. The number of carbonyl (C=O) groups excluding carboxylic acids is 1. The highest BCUT2D eigenvalue weighted by Crippen LogP contribution is 2.36. The van der Waals surface area contributed by atoms with Crippen molar-refractivity contribution < 1.29 is 14.3 Å². The van der Waals surface area contributed by atoms with E-state index in [1.807, 2.05) is 35.8 Å². The van der Waals surface area contributed by atoms with Crippen LogP contribution in [0.4, 0.5) is 0 Å². The van der Waals surface area contributed by atoms with Gasteiger partial charge in [0, 0.05) is 12.6 Å². The van der Waals surface area contributed by atoms with Crippen LogP contribution in [0.5, 0.6) is 11.5 Å². The Labute approximate surface area is 162 Å². The van der Waals surface area contributed by atoms with Crippen LogP contribution in [0.15, 0.2) is 42.1 Å². The lowest BCUT2D eigenvalue weighted by Gasteiger charge is -2.26. The zero-order valence-electron chi connectivity index (χ0n) is 15.1. The molecule has 1 aliphatic carbocycles. The second-order valence-corrected chi connectivity index (χ2v) is 7.96. The molecule has 2 heterocycles. The molecule has 8 heteroatoms. The highest BCUT2D eigenvalue weighted by molar-refractivity contribution is 8.00. The molecule has 2 aromatic rings. The molecule has 27 heavy (non-hydrogen) atoms. The van der Waals surface area contributed by atoms with E-state index in [0.29, 0.717) is 35.9 Å². The summed E-state index contributed by atoms with van der Waals surface area (Å²) in [5, 5.41) is 12.1. The van der Waals surface area contributed by atoms with E-state index in [4.69, 9.17) is 9.47 Å². The summed E-state index contributed by atoms with van der Waals surface area (Å²) < 4.78 is 13.8. The zero-order valence-corrected chi connectivity index (χ0v) is 15.9. The summed E-state index contributed by atoms with van der Waals surface area (Å²) in [6.45, 7) is 6.59. The van der Waals surface area contributed by atoms with Gasteiger partial charge >= 0.3 is 0 Å². The SMILES string of the molecule is C=CCn1c(S[C@H](C)C(=O)NC2CC2)nnc1[C@@H]1COc2ccccc2O1. The summed E-state index contributed by atoms with van der Waals surface area (Å²) >= 11 is 1.39. The van der Waals surface area contributed by atoms with Crippen molar-refractivity contribution in [1.82, 2.24) is 20.1 Å². The van der Waals surface area contributed by atoms with Gasteiger partial charge in [-0.2, -0.15) is 0 Å². The predicted octanol–water partition coefficient (Wildman–Crippen LogP) is 2.74. The van der Waals surface area contributed by atoms with Crippen LogP contribution in [0.25, 0.3) is 0 Å². The van der Waals surface area contributed by atoms with E-state index in [9.17, 15) is 4.79 Å². The summed E-state index contributed by atoms with van der Waals surface area (Å²) in [6, 6.07) is 7.90. The Hall–Kier alpha value is -2.48. The van der Waals surface area contributed by atoms with Gasteiger partial charge in [-0.25, -0.2) is 0 Å². The summed E-state index contributed by atoms with van der Waals surface area (Å²) in [7, 11) is 0. The van der Waals surface area contributed by atoms with Crippen molar-refractivity contribution in [2.45, 2.75) is 48.9 Å². The highest BCUT2D eigenvalue weighted by Gasteiger charge is 2.30. The van der Waals surface area contributed by atoms with E-state index < -0.39 is 0 Å². The van der Waals surface area contributed by atoms with Crippen LogP contribution in [0.1, 0.15) is 31.7 Å². The quantitative estimate of drug-likeness (QED) is 0.582. The van der Waals surface area contributed by atoms with Crippen LogP contribution in [-0.2, 0) is 11.3 Å². The zero-order chi connectivity index (χ0) is 18.8. The molecule has 142 valence electrons. The number of nitrogens with zero attached hydrogens (tertiary/aromatic N) is 3. The molecule has 0 spiro atoms. The van der Waals surface area contributed by atoms with Gasteiger partial charge in [-0.3, -0.25) is 9.36 Å². The molecule has 1 saturated carbocycles. The Kier molecular flexibility index (Phi) is 5.07. The first-order chi connectivity index (χ1) is 13.2. The average Bonchev–Trinajstić information content (AvgIpc) is 3.42. The molecular formula is C19H22N4O3S. The number of benzene rings is 1. The smallest absolute Gasteiger partial charge is 0.233 e. The van der Waals surface area contributed by atoms with E-state index in [-0.39, 0.29) is 17.3 Å². The maximum Gasteiger partial charge on any atom is 0.233 e. The number of carbonyl (C=O) groups is 1. The second kappa shape index (κ2) is 7.64. The maximum atomic E-state index is 12.3. The third kappa shape index (κ3) is 3.95. The highest BCUT2D eigenvalue weighted by atomic mass is 32.2. The first kappa shape index (κ1) is 17.9. The van der Waals surface area contributed by atoms with E-state index in [1.54, 1.807) is 6.08 Å². The summed E-state index contributed by atoms with van der Waals surface area (Å²) in [5.41, 5.74) is 0. The van der Waals surface area contributed by atoms with Gasteiger partial charge < -0.3 is 14.8 Å². The number of amides is 1. The van der Waals surface area contributed by atoms with Crippen LogP contribution in [-0.4, -0.2) is 38.6 Å².